The van der Waals surface area contributed by atoms with E-state index in [9.17, 15) is 24.1 Å². The van der Waals surface area contributed by atoms with E-state index in [1.807, 2.05) is 0 Å². The Morgan fingerprint density at radius 1 is 1.23 bits per heavy atom. The number of carbonyl (C=O) groups excluding carboxylic acids is 2. The molecule has 2 amide bonds. The van der Waals surface area contributed by atoms with Gasteiger partial charge in [0.25, 0.3) is 11.6 Å². The number of nitrogens with one attached hydrogen (secondary N) is 2. The van der Waals surface area contributed by atoms with Gasteiger partial charge in [0.2, 0.25) is 5.91 Å². The standard InChI is InChI=1S/C21H20FN5O4/c1-13-3-4-15(11-17(13)27(30)31)21(29)24-12-18(28)25-19(20-23-9-10-26(20)2)14-5-7-16(22)8-6-14/h3-11,19H,12H2,1-2H3,(H,24,29)(H,25,28)/t19-/m1/s1. The number of carbonyl (C=O) groups is 2. The van der Waals surface area contributed by atoms with E-state index in [1.54, 1.807) is 43.1 Å². The summed E-state index contributed by atoms with van der Waals surface area (Å²) in [5, 5.41) is 16.3. The second-order valence-electron chi connectivity index (χ2n) is 6.89. The van der Waals surface area contributed by atoms with Crippen molar-refractivity contribution in [3.8, 4) is 0 Å². The van der Waals surface area contributed by atoms with E-state index in [2.05, 4.69) is 15.6 Å². The van der Waals surface area contributed by atoms with Crippen LogP contribution in [0.4, 0.5) is 10.1 Å². The van der Waals surface area contributed by atoms with Crippen molar-refractivity contribution in [2.75, 3.05) is 6.54 Å². The minimum atomic E-state index is -0.662. The highest BCUT2D eigenvalue weighted by Crippen LogP contribution is 2.21. The van der Waals surface area contributed by atoms with Crippen molar-refractivity contribution < 1.29 is 18.9 Å². The molecule has 0 unspecified atom stereocenters. The van der Waals surface area contributed by atoms with E-state index in [-0.39, 0.29) is 17.8 Å². The fourth-order valence-electron chi connectivity index (χ4n) is 3.03. The lowest BCUT2D eigenvalue weighted by molar-refractivity contribution is -0.385. The average Bonchev–Trinajstić information content (AvgIpc) is 3.16. The van der Waals surface area contributed by atoms with Crippen LogP contribution in [0.1, 0.15) is 33.4 Å². The van der Waals surface area contributed by atoms with Gasteiger partial charge in [-0.05, 0) is 30.7 Å². The Morgan fingerprint density at radius 3 is 2.55 bits per heavy atom. The largest absolute Gasteiger partial charge is 0.343 e. The van der Waals surface area contributed by atoms with Gasteiger partial charge in [-0.1, -0.05) is 18.2 Å². The summed E-state index contributed by atoms with van der Waals surface area (Å²) in [6.07, 6.45) is 3.29. The summed E-state index contributed by atoms with van der Waals surface area (Å²) in [5.41, 5.74) is 0.938. The summed E-state index contributed by atoms with van der Waals surface area (Å²) in [5.74, 6) is -1.01. The van der Waals surface area contributed by atoms with Crippen molar-refractivity contribution in [3.63, 3.8) is 0 Å². The van der Waals surface area contributed by atoms with E-state index in [0.29, 0.717) is 17.0 Å². The van der Waals surface area contributed by atoms with Crippen LogP contribution in [0.5, 0.6) is 0 Å². The molecular weight excluding hydrogens is 405 g/mol. The molecule has 0 aliphatic rings. The number of nitrogens with zero attached hydrogens (tertiary/aromatic N) is 3. The van der Waals surface area contributed by atoms with E-state index < -0.39 is 28.6 Å². The second-order valence-corrected chi connectivity index (χ2v) is 6.89. The molecule has 1 atom stereocenters. The molecule has 31 heavy (non-hydrogen) atoms. The van der Waals surface area contributed by atoms with Gasteiger partial charge in [-0.15, -0.1) is 0 Å². The van der Waals surface area contributed by atoms with Gasteiger partial charge in [0.15, 0.2) is 0 Å². The molecule has 0 spiro atoms. The number of aryl methyl sites for hydroxylation is 2. The SMILES string of the molecule is Cc1ccc(C(=O)NCC(=O)N[C@H](c2ccc(F)cc2)c2nccn2C)cc1[N+](=O)[O-]. The van der Waals surface area contributed by atoms with Gasteiger partial charge in [0.1, 0.15) is 17.7 Å². The smallest absolute Gasteiger partial charge is 0.273 e. The number of hydrogen-bond donors (Lipinski definition) is 2. The zero-order chi connectivity index (χ0) is 22.5. The number of aromatic nitrogens is 2. The summed E-state index contributed by atoms with van der Waals surface area (Å²) >= 11 is 0. The molecule has 0 bridgehead atoms. The van der Waals surface area contributed by atoms with Crippen LogP contribution >= 0.6 is 0 Å². The number of nitro benzene ring substituents is 1. The lowest BCUT2D eigenvalue weighted by Crippen LogP contribution is -2.39. The number of imidazole rings is 1. The van der Waals surface area contributed by atoms with Crippen LogP contribution in [0.25, 0.3) is 0 Å². The molecule has 0 saturated carbocycles. The first kappa shape index (κ1) is 21.6. The van der Waals surface area contributed by atoms with Crippen molar-refractivity contribution in [2.45, 2.75) is 13.0 Å². The molecular formula is C21H20FN5O4. The Morgan fingerprint density at radius 2 is 1.94 bits per heavy atom. The Bertz CT molecular complexity index is 1130. The number of benzene rings is 2. The summed E-state index contributed by atoms with van der Waals surface area (Å²) in [7, 11) is 1.76. The van der Waals surface area contributed by atoms with Gasteiger partial charge in [0, 0.05) is 36.6 Å². The molecule has 160 valence electrons. The van der Waals surface area contributed by atoms with Crippen LogP contribution in [0.15, 0.2) is 54.9 Å². The maximum absolute atomic E-state index is 13.3. The molecule has 3 rings (SSSR count). The van der Waals surface area contributed by atoms with Gasteiger partial charge in [-0.2, -0.15) is 0 Å². The summed E-state index contributed by atoms with van der Waals surface area (Å²) < 4.78 is 15.0. The predicted octanol–water partition coefficient (Wildman–Crippen LogP) is 2.41. The molecule has 0 radical (unpaired) electrons. The minimum absolute atomic E-state index is 0.0734. The topological polar surface area (TPSA) is 119 Å². The van der Waals surface area contributed by atoms with Crippen molar-refractivity contribution in [1.82, 2.24) is 20.2 Å². The first-order valence-corrected chi connectivity index (χ1v) is 9.31. The van der Waals surface area contributed by atoms with Gasteiger partial charge in [-0.25, -0.2) is 9.37 Å². The van der Waals surface area contributed by atoms with Gasteiger partial charge < -0.3 is 15.2 Å². The van der Waals surface area contributed by atoms with Crippen LogP contribution in [0, 0.1) is 22.9 Å². The number of nitro groups is 1. The van der Waals surface area contributed by atoms with E-state index in [0.717, 1.165) is 6.07 Å². The fourth-order valence-corrected chi connectivity index (χ4v) is 3.03. The maximum Gasteiger partial charge on any atom is 0.273 e. The zero-order valence-electron chi connectivity index (χ0n) is 16.8. The number of hydrogen-bond acceptors (Lipinski definition) is 5. The van der Waals surface area contributed by atoms with Crippen LogP contribution in [0.2, 0.25) is 0 Å². The number of rotatable bonds is 7. The lowest BCUT2D eigenvalue weighted by Gasteiger charge is -2.19. The van der Waals surface area contributed by atoms with Crippen LogP contribution < -0.4 is 10.6 Å². The molecule has 2 aromatic carbocycles. The van der Waals surface area contributed by atoms with E-state index >= 15 is 0 Å². The van der Waals surface area contributed by atoms with E-state index in [4.69, 9.17) is 0 Å². The van der Waals surface area contributed by atoms with Crippen molar-refractivity contribution in [1.29, 1.82) is 0 Å². The Labute approximate surface area is 177 Å². The third-order valence-electron chi connectivity index (χ3n) is 4.70. The monoisotopic (exact) mass is 425 g/mol. The number of halogens is 1. The molecule has 1 heterocycles. The molecule has 0 saturated heterocycles. The molecule has 3 aromatic rings. The molecule has 2 N–H and O–H groups in total. The van der Waals surface area contributed by atoms with Crippen LogP contribution in [-0.2, 0) is 11.8 Å². The third-order valence-corrected chi connectivity index (χ3v) is 4.70. The first-order valence-electron chi connectivity index (χ1n) is 9.31. The van der Waals surface area contributed by atoms with Gasteiger partial charge in [0.05, 0.1) is 11.5 Å². The predicted molar refractivity (Wildman–Crippen MR) is 110 cm³/mol. The number of amides is 2. The quantitative estimate of drug-likeness (QED) is 0.445. The highest BCUT2D eigenvalue weighted by molar-refractivity contribution is 5.97. The first-order chi connectivity index (χ1) is 14.8. The normalized spacial score (nSPS) is 11.6. The Balaban J connectivity index is 1.71. The summed E-state index contributed by atoms with van der Waals surface area (Å²) in [4.78, 5) is 39.6. The molecule has 10 heteroatoms. The highest BCUT2D eigenvalue weighted by atomic mass is 19.1. The van der Waals surface area contributed by atoms with Crippen molar-refractivity contribution >= 4 is 17.5 Å². The van der Waals surface area contributed by atoms with Crippen LogP contribution in [0.3, 0.4) is 0 Å². The van der Waals surface area contributed by atoms with Crippen molar-refractivity contribution in [3.05, 3.63) is 93.3 Å². The second kappa shape index (κ2) is 9.16. The summed E-state index contributed by atoms with van der Waals surface area (Å²) in [6.45, 7) is 1.21. The van der Waals surface area contributed by atoms with E-state index in [1.165, 1.54) is 24.3 Å². The maximum atomic E-state index is 13.3. The fraction of sp³-hybridized carbons (Fsp3) is 0.190. The molecule has 9 nitrogen and oxygen atoms in total. The minimum Gasteiger partial charge on any atom is -0.343 e. The summed E-state index contributed by atoms with van der Waals surface area (Å²) in [6, 6.07) is 9.07. The zero-order valence-corrected chi connectivity index (χ0v) is 16.8. The lowest BCUT2D eigenvalue weighted by atomic mass is 10.1. The highest BCUT2D eigenvalue weighted by Gasteiger charge is 2.21. The third kappa shape index (κ3) is 5.10. The molecule has 0 fully saturated rings. The average molecular weight is 425 g/mol. The Kier molecular flexibility index (Phi) is 6.39. The molecule has 0 aliphatic carbocycles. The molecule has 0 aliphatic heterocycles. The van der Waals surface area contributed by atoms with Gasteiger partial charge in [-0.3, -0.25) is 19.7 Å². The molecule has 1 aromatic heterocycles. The Hall–Kier alpha value is -4.08. The van der Waals surface area contributed by atoms with Crippen LogP contribution in [-0.4, -0.2) is 32.8 Å². The van der Waals surface area contributed by atoms with Gasteiger partial charge >= 0.3 is 0 Å². The van der Waals surface area contributed by atoms with Crippen molar-refractivity contribution in [2.24, 2.45) is 7.05 Å².